The quantitative estimate of drug-likeness (QED) is 0.766. The Morgan fingerprint density at radius 1 is 1.16 bits per heavy atom. The second-order valence-corrected chi connectivity index (χ2v) is 6.15. The highest BCUT2D eigenvalue weighted by atomic mass is 16.7. The highest BCUT2D eigenvalue weighted by Gasteiger charge is 2.35. The minimum absolute atomic E-state index is 0.00111. The second kappa shape index (κ2) is 8.36. The van der Waals surface area contributed by atoms with Crippen LogP contribution in [0.5, 0.6) is 11.5 Å². The van der Waals surface area contributed by atoms with Gasteiger partial charge in [0, 0.05) is 12.6 Å². The summed E-state index contributed by atoms with van der Waals surface area (Å²) in [5, 5.41) is 0. The molecule has 136 valence electrons. The molecule has 0 N–H and O–H groups in total. The van der Waals surface area contributed by atoms with Crippen LogP contribution in [0.15, 0.2) is 24.3 Å². The molecule has 2 saturated heterocycles. The summed E-state index contributed by atoms with van der Waals surface area (Å²) in [4.78, 5) is 14.6. The fourth-order valence-electron chi connectivity index (χ4n) is 3.33. The second-order valence-electron chi connectivity index (χ2n) is 6.15. The van der Waals surface area contributed by atoms with E-state index in [0.717, 1.165) is 31.4 Å². The largest absolute Gasteiger partial charge is 0.493 e. The van der Waals surface area contributed by atoms with Crippen molar-refractivity contribution in [3.63, 3.8) is 0 Å². The zero-order valence-corrected chi connectivity index (χ0v) is 14.8. The van der Waals surface area contributed by atoms with Crippen LogP contribution in [0.4, 0.5) is 0 Å². The molecule has 2 aliphatic rings. The predicted molar refractivity (Wildman–Crippen MR) is 93.6 cm³/mol. The molecule has 0 aromatic heterocycles. The molecule has 2 heterocycles. The molecule has 1 atom stereocenters. The van der Waals surface area contributed by atoms with E-state index in [-0.39, 0.29) is 18.2 Å². The van der Waals surface area contributed by atoms with Gasteiger partial charge in [-0.15, -0.1) is 0 Å². The van der Waals surface area contributed by atoms with E-state index in [1.807, 2.05) is 23.1 Å². The zero-order valence-electron chi connectivity index (χ0n) is 14.8. The smallest absolute Gasteiger partial charge is 0.246 e. The van der Waals surface area contributed by atoms with Crippen LogP contribution in [0.25, 0.3) is 6.08 Å². The normalized spacial score (nSPS) is 21.7. The summed E-state index contributed by atoms with van der Waals surface area (Å²) in [6.07, 6.45) is 6.14. The predicted octanol–water partition coefficient (Wildman–Crippen LogP) is 2.47. The van der Waals surface area contributed by atoms with Crippen LogP contribution in [0, 0.1) is 0 Å². The van der Waals surface area contributed by atoms with Crippen molar-refractivity contribution < 1.29 is 23.7 Å². The molecule has 3 rings (SSSR count). The topological polar surface area (TPSA) is 57.2 Å². The highest BCUT2D eigenvalue weighted by Crippen LogP contribution is 2.28. The number of piperidine rings is 1. The Labute approximate surface area is 148 Å². The number of amides is 1. The number of hydrogen-bond acceptors (Lipinski definition) is 5. The van der Waals surface area contributed by atoms with Crippen molar-refractivity contribution in [1.29, 1.82) is 0 Å². The Bertz CT molecular complexity index is 624. The molecular weight excluding hydrogens is 322 g/mol. The third kappa shape index (κ3) is 4.14. The fourth-order valence-corrected chi connectivity index (χ4v) is 3.33. The van der Waals surface area contributed by atoms with Crippen LogP contribution in [-0.4, -0.2) is 57.1 Å². The van der Waals surface area contributed by atoms with Crippen LogP contribution in [0.2, 0.25) is 0 Å². The Morgan fingerprint density at radius 3 is 2.64 bits per heavy atom. The summed E-state index contributed by atoms with van der Waals surface area (Å²) >= 11 is 0. The maximum Gasteiger partial charge on any atom is 0.246 e. The van der Waals surface area contributed by atoms with E-state index in [4.69, 9.17) is 18.9 Å². The summed E-state index contributed by atoms with van der Waals surface area (Å²) in [5.41, 5.74) is 0.882. The van der Waals surface area contributed by atoms with Gasteiger partial charge in [0.2, 0.25) is 5.91 Å². The molecule has 0 radical (unpaired) electrons. The lowest BCUT2D eigenvalue weighted by atomic mass is 10.0. The Kier molecular flexibility index (Phi) is 5.94. The molecule has 2 fully saturated rings. The van der Waals surface area contributed by atoms with Gasteiger partial charge in [0.25, 0.3) is 0 Å². The van der Waals surface area contributed by atoms with E-state index in [1.165, 1.54) is 0 Å². The number of methoxy groups -OCH3 is 2. The van der Waals surface area contributed by atoms with Crippen LogP contribution < -0.4 is 9.47 Å². The molecule has 25 heavy (non-hydrogen) atoms. The van der Waals surface area contributed by atoms with Gasteiger partial charge >= 0.3 is 0 Å². The SMILES string of the molecule is COc1ccc(/C=C/C(=O)N2CCCCC2C2OCCO2)cc1OC. The molecule has 0 saturated carbocycles. The van der Waals surface area contributed by atoms with E-state index in [2.05, 4.69) is 0 Å². The standard InChI is InChI=1S/C19H25NO5/c1-22-16-8-6-14(13-17(16)23-2)7-9-18(21)20-10-4-3-5-15(20)19-24-11-12-25-19/h6-9,13,15,19H,3-5,10-12H2,1-2H3/b9-7+. The maximum absolute atomic E-state index is 12.7. The minimum atomic E-state index is -0.293. The first-order valence-electron chi connectivity index (χ1n) is 8.67. The average molecular weight is 347 g/mol. The summed E-state index contributed by atoms with van der Waals surface area (Å²) in [6.45, 7) is 1.94. The van der Waals surface area contributed by atoms with Crippen molar-refractivity contribution in [3.05, 3.63) is 29.8 Å². The molecule has 1 unspecified atom stereocenters. The van der Waals surface area contributed by atoms with Crippen LogP contribution in [0.1, 0.15) is 24.8 Å². The van der Waals surface area contributed by atoms with E-state index < -0.39 is 0 Å². The molecule has 0 aliphatic carbocycles. The first-order chi connectivity index (χ1) is 12.2. The van der Waals surface area contributed by atoms with E-state index in [9.17, 15) is 4.79 Å². The molecule has 1 aromatic rings. The lowest BCUT2D eigenvalue weighted by Gasteiger charge is -2.37. The van der Waals surface area contributed by atoms with Crippen LogP contribution in [0.3, 0.4) is 0 Å². The Hall–Kier alpha value is -2.05. The average Bonchev–Trinajstić information content (AvgIpc) is 3.20. The number of benzene rings is 1. The van der Waals surface area contributed by atoms with Gasteiger partial charge in [-0.2, -0.15) is 0 Å². The summed E-state index contributed by atoms with van der Waals surface area (Å²) in [5.74, 6) is 1.29. The Morgan fingerprint density at radius 2 is 1.92 bits per heavy atom. The van der Waals surface area contributed by atoms with E-state index in [0.29, 0.717) is 24.7 Å². The first-order valence-corrected chi connectivity index (χ1v) is 8.67. The van der Waals surface area contributed by atoms with E-state index in [1.54, 1.807) is 26.4 Å². The van der Waals surface area contributed by atoms with Gasteiger partial charge in [-0.25, -0.2) is 0 Å². The van der Waals surface area contributed by atoms with Gasteiger partial charge in [-0.3, -0.25) is 4.79 Å². The number of likely N-dealkylation sites (tertiary alicyclic amines) is 1. The number of nitrogens with zero attached hydrogens (tertiary/aromatic N) is 1. The number of hydrogen-bond donors (Lipinski definition) is 0. The van der Waals surface area contributed by atoms with Crippen LogP contribution in [-0.2, 0) is 14.3 Å². The molecule has 0 spiro atoms. The molecule has 1 aromatic carbocycles. The third-order valence-corrected chi connectivity index (χ3v) is 4.62. The maximum atomic E-state index is 12.7. The van der Waals surface area contributed by atoms with E-state index >= 15 is 0 Å². The molecule has 6 nitrogen and oxygen atoms in total. The Balaban J connectivity index is 1.70. The summed E-state index contributed by atoms with van der Waals surface area (Å²) in [7, 11) is 3.19. The molecule has 2 aliphatic heterocycles. The van der Waals surface area contributed by atoms with Crippen molar-refractivity contribution in [2.45, 2.75) is 31.6 Å². The molecule has 1 amide bonds. The van der Waals surface area contributed by atoms with Crippen molar-refractivity contribution in [2.75, 3.05) is 34.0 Å². The van der Waals surface area contributed by atoms with Gasteiger partial charge in [0.1, 0.15) is 0 Å². The van der Waals surface area contributed by atoms with Crippen molar-refractivity contribution in [2.24, 2.45) is 0 Å². The molecular formula is C19H25NO5. The van der Waals surface area contributed by atoms with Gasteiger partial charge in [0.15, 0.2) is 17.8 Å². The highest BCUT2D eigenvalue weighted by molar-refractivity contribution is 5.92. The number of carbonyl (C=O) groups is 1. The number of carbonyl (C=O) groups excluding carboxylic acids is 1. The van der Waals surface area contributed by atoms with Crippen molar-refractivity contribution >= 4 is 12.0 Å². The fraction of sp³-hybridized carbons (Fsp3) is 0.526. The van der Waals surface area contributed by atoms with Gasteiger partial charge in [-0.05, 0) is 43.0 Å². The zero-order chi connectivity index (χ0) is 17.6. The number of rotatable bonds is 5. The first kappa shape index (κ1) is 17.8. The summed E-state index contributed by atoms with van der Waals surface area (Å²) in [6, 6.07) is 5.56. The lowest BCUT2D eigenvalue weighted by Crippen LogP contribution is -2.49. The summed E-state index contributed by atoms with van der Waals surface area (Å²) < 4.78 is 21.8. The lowest BCUT2D eigenvalue weighted by molar-refractivity contribution is -0.145. The van der Waals surface area contributed by atoms with Crippen molar-refractivity contribution in [3.8, 4) is 11.5 Å². The van der Waals surface area contributed by atoms with Gasteiger partial charge < -0.3 is 23.8 Å². The van der Waals surface area contributed by atoms with Crippen LogP contribution >= 0.6 is 0 Å². The van der Waals surface area contributed by atoms with Crippen molar-refractivity contribution in [1.82, 2.24) is 4.90 Å². The monoisotopic (exact) mass is 347 g/mol. The minimum Gasteiger partial charge on any atom is -0.493 e. The number of ether oxygens (including phenoxy) is 4. The molecule has 6 heteroatoms. The third-order valence-electron chi connectivity index (χ3n) is 4.62. The van der Waals surface area contributed by atoms with Gasteiger partial charge in [0.05, 0.1) is 33.5 Å². The van der Waals surface area contributed by atoms with Gasteiger partial charge in [-0.1, -0.05) is 6.07 Å². The molecule has 0 bridgehead atoms.